The maximum absolute atomic E-state index is 10.8. The minimum absolute atomic E-state index is 0.309. The molecule has 0 amide bonds. The van der Waals surface area contributed by atoms with Gasteiger partial charge in [0.2, 0.25) is 0 Å². The number of para-hydroxylation sites is 1. The summed E-state index contributed by atoms with van der Waals surface area (Å²) in [5.41, 5.74) is 8.33. The Bertz CT molecular complexity index is 524. The molecule has 0 atom stereocenters. The van der Waals surface area contributed by atoms with E-state index in [1.54, 1.807) is 12.1 Å². The Morgan fingerprint density at radius 2 is 1.74 bits per heavy atom. The first-order valence-electron chi connectivity index (χ1n) is 6.05. The number of hydrazine groups is 1. The second-order valence-electron chi connectivity index (χ2n) is 4.08. The van der Waals surface area contributed by atoms with Crippen LogP contribution in [0.4, 0.5) is 5.69 Å². The van der Waals surface area contributed by atoms with Crippen LogP contribution in [0.1, 0.15) is 12.5 Å². The van der Waals surface area contributed by atoms with Crippen molar-refractivity contribution in [2.24, 2.45) is 0 Å². The van der Waals surface area contributed by atoms with E-state index < -0.39 is 0 Å². The predicted octanol–water partition coefficient (Wildman–Crippen LogP) is 2.73. The van der Waals surface area contributed by atoms with Crippen LogP contribution in [-0.4, -0.2) is 5.97 Å². The lowest BCUT2D eigenvalue weighted by Gasteiger charge is -2.08. The van der Waals surface area contributed by atoms with Crippen molar-refractivity contribution in [3.63, 3.8) is 0 Å². The Morgan fingerprint density at radius 3 is 2.37 bits per heavy atom. The molecule has 0 radical (unpaired) electrons. The standard InChI is InChI=1S/C15H16N2O2/c1-12(18)19-15-9-7-13(8-10-15)11-16-17-14-5-3-2-4-6-14/h2-10,16-17H,11H2,1H3. The fourth-order valence-corrected chi connectivity index (χ4v) is 1.61. The van der Waals surface area contributed by atoms with Crippen molar-refractivity contribution in [1.82, 2.24) is 5.43 Å². The molecule has 4 nitrogen and oxygen atoms in total. The lowest BCUT2D eigenvalue weighted by Crippen LogP contribution is -2.20. The van der Waals surface area contributed by atoms with Gasteiger partial charge in [-0.2, -0.15) is 0 Å². The first kappa shape index (κ1) is 13.1. The summed E-state index contributed by atoms with van der Waals surface area (Å²) in [5.74, 6) is 0.254. The molecule has 19 heavy (non-hydrogen) atoms. The van der Waals surface area contributed by atoms with Crippen LogP contribution in [-0.2, 0) is 11.3 Å². The molecule has 0 heterocycles. The summed E-state index contributed by atoms with van der Waals surface area (Å²) < 4.78 is 4.97. The molecule has 2 aromatic rings. The summed E-state index contributed by atoms with van der Waals surface area (Å²) in [6.45, 7) is 2.06. The molecule has 0 unspecified atom stereocenters. The van der Waals surface area contributed by atoms with Gasteiger partial charge in [0.05, 0.1) is 0 Å². The Kier molecular flexibility index (Phi) is 4.53. The molecule has 4 heteroatoms. The summed E-state index contributed by atoms with van der Waals surface area (Å²) in [5, 5.41) is 0. The van der Waals surface area contributed by atoms with Crippen molar-refractivity contribution in [1.29, 1.82) is 0 Å². The quantitative estimate of drug-likeness (QED) is 0.490. The highest BCUT2D eigenvalue weighted by atomic mass is 16.5. The largest absolute Gasteiger partial charge is 0.427 e. The first-order valence-corrected chi connectivity index (χ1v) is 6.05. The van der Waals surface area contributed by atoms with Gasteiger partial charge in [0.25, 0.3) is 0 Å². The third kappa shape index (κ3) is 4.44. The average molecular weight is 256 g/mol. The van der Waals surface area contributed by atoms with E-state index in [9.17, 15) is 4.79 Å². The van der Waals surface area contributed by atoms with Crippen LogP contribution in [0.25, 0.3) is 0 Å². The Balaban J connectivity index is 1.81. The van der Waals surface area contributed by atoms with E-state index in [-0.39, 0.29) is 5.97 Å². The van der Waals surface area contributed by atoms with Crippen molar-refractivity contribution >= 4 is 11.7 Å². The van der Waals surface area contributed by atoms with E-state index in [2.05, 4.69) is 10.9 Å². The van der Waals surface area contributed by atoms with Gasteiger partial charge in [-0.3, -0.25) is 4.79 Å². The molecule has 0 saturated heterocycles. The van der Waals surface area contributed by atoms with E-state index in [4.69, 9.17) is 4.74 Å². The Morgan fingerprint density at radius 1 is 1.05 bits per heavy atom. The number of carbonyl (C=O) groups excluding carboxylic acids is 1. The van der Waals surface area contributed by atoms with Gasteiger partial charge in [-0.25, -0.2) is 5.43 Å². The summed E-state index contributed by atoms with van der Waals surface area (Å²) >= 11 is 0. The van der Waals surface area contributed by atoms with E-state index >= 15 is 0 Å². The summed E-state index contributed by atoms with van der Waals surface area (Å²) in [6.07, 6.45) is 0. The van der Waals surface area contributed by atoms with Crippen LogP contribution >= 0.6 is 0 Å². The number of carbonyl (C=O) groups is 1. The van der Waals surface area contributed by atoms with E-state index in [1.165, 1.54) is 6.92 Å². The zero-order chi connectivity index (χ0) is 13.5. The molecule has 0 aliphatic carbocycles. The summed E-state index contributed by atoms with van der Waals surface area (Å²) in [7, 11) is 0. The fourth-order valence-electron chi connectivity index (χ4n) is 1.61. The van der Waals surface area contributed by atoms with Crippen molar-refractivity contribution in [2.45, 2.75) is 13.5 Å². The molecule has 2 aromatic carbocycles. The number of esters is 1. The molecular formula is C15H16N2O2. The number of rotatable bonds is 5. The summed E-state index contributed by atoms with van der Waals surface area (Å²) in [4.78, 5) is 10.8. The molecule has 0 fully saturated rings. The zero-order valence-electron chi connectivity index (χ0n) is 10.7. The van der Waals surface area contributed by atoms with E-state index in [0.29, 0.717) is 12.3 Å². The monoisotopic (exact) mass is 256 g/mol. The van der Waals surface area contributed by atoms with Gasteiger partial charge in [0.1, 0.15) is 5.75 Å². The minimum Gasteiger partial charge on any atom is -0.427 e. The van der Waals surface area contributed by atoms with Crippen LogP contribution in [0.5, 0.6) is 5.75 Å². The van der Waals surface area contributed by atoms with Gasteiger partial charge < -0.3 is 10.2 Å². The number of ether oxygens (including phenoxy) is 1. The van der Waals surface area contributed by atoms with Gasteiger partial charge in [0, 0.05) is 19.2 Å². The highest BCUT2D eigenvalue weighted by Gasteiger charge is 1.98. The number of nitrogens with one attached hydrogen (secondary N) is 2. The van der Waals surface area contributed by atoms with Gasteiger partial charge in [-0.05, 0) is 29.8 Å². The lowest BCUT2D eigenvalue weighted by atomic mass is 10.2. The summed E-state index contributed by atoms with van der Waals surface area (Å²) in [6, 6.07) is 17.3. The van der Waals surface area contributed by atoms with Crippen molar-refractivity contribution in [3.05, 3.63) is 60.2 Å². The molecule has 0 aliphatic rings. The third-order valence-corrected chi connectivity index (χ3v) is 2.48. The lowest BCUT2D eigenvalue weighted by molar-refractivity contribution is -0.131. The maximum Gasteiger partial charge on any atom is 0.308 e. The number of hydrogen-bond donors (Lipinski definition) is 2. The number of hydrogen-bond acceptors (Lipinski definition) is 4. The van der Waals surface area contributed by atoms with Gasteiger partial charge in [-0.15, -0.1) is 0 Å². The molecule has 0 saturated carbocycles. The number of anilines is 1. The van der Waals surface area contributed by atoms with Crippen LogP contribution in [0.3, 0.4) is 0 Å². The van der Waals surface area contributed by atoms with Gasteiger partial charge in [0.15, 0.2) is 0 Å². The molecule has 0 bridgehead atoms. The molecule has 0 spiro atoms. The molecule has 2 N–H and O–H groups in total. The molecule has 0 aliphatic heterocycles. The van der Waals surface area contributed by atoms with Crippen LogP contribution < -0.4 is 15.6 Å². The number of benzene rings is 2. The molecule has 98 valence electrons. The molecule has 0 aromatic heterocycles. The van der Waals surface area contributed by atoms with E-state index in [0.717, 1.165) is 11.3 Å². The zero-order valence-corrected chi connectivity index (χ0v) is 10.7. The molecular weight excluding hydrogens is 240 g/mol. The fraction of sp³-hybridized carbons (Fsp3) is 0.133. The smallest absolute Gasteiger partial charge is 0.308 e. The normalized spacial score (nSPS) is 9.95. The van der Waals surface area contributed by atoms with Gasteiger partial charge in [-0.1, -0.05) is 30.3 Å². The van der Waals surface area contributed by atoms with Crippen molar-refractivity contribution < 1.29 is 9.53 Å². The second kappa shape index (κ2) is 6.56. The van der Waals surface area contributed by atoms with Crippen LogP contribution in [0.15, 0.2) is 54.6 Å². The maximum atomic E-state index is 10.8. The van der Waals surface area contributed by atoms with Crippen molar-refractivity contribution in [2.75, 3.05) is 5.43 Å². The SMILES string of the molecule is CC(=O)Oc1ccc(CNNc2ccccc2)cc1. The second-order valence-corrected chi connectivity index (χ2v) is 4.08. The third-order valence-electron chi connectivity index (χ3n) is 2.48. The van der Waals surface area contributed by atoms with Crippen LogP contribution in [0, 0.1) is 0 Å². The van der Waals surface area contributed by atoms with Crippen molar-refractivity contribution in [3.8, 4) is 5.75 Å². The highest BCUT2D eigenvalue weighted by Crippen LogP contribution is 2.12. The van der Waals surface area contributed by atoms with Gasteiger partial charge >= 0.3 is 5.97 Å². The Hall–Kier alpha value is -2.33. The Labute approximate surface area is 112 Å². The van der Waals surface area contributed by atoms with E-state index in [1.807, 2.05) is 42.5 Å². The minimum atomic E-state index is -0.309. The molecule has 2 rings (SSSR count). The topological polar surface area (TPSA) is 50.4 Å². The predicted molar refractivity (Wildman–Crippen MR) is 74.7 cm³/mol. The first-order chi connectivity index (χ1) is 9.24. The van der Waals surface area contributed by atoms with Crippen LogP contribution in [0.2, 0.25) is 0 Å². The highest BCUT2D eigenvalue weighted by molar-refractivity contribution is 5.69. The average Bonchev–Trinajstić information content (AvgIpc) is 2.41.